The van der Waals surface area contributed by atoms with Crippen LogP contribution in [0.4, 0.5) is 9.18 Å². The van der Waals surface area contributed by atoms with Crippen LogP contribution < -0.4 is 4.74 Å². The van der Waals surface area contributed by atoms with Crippen LogP contribution in [0.25, 0.3) is 22.4 Å². The van der Waals surface area contributed by atoms with E-state index in [2.05, 4.69) is 9.55 Å². The predicted molar refractivity (Wildman–Crippen MR) is 99.0 cm³/mol. The van der Waals surface area contributed by atoms with Crippen molar-refractivity contribution in [3.63, 3.8) is 0 Å². The molecule has 0 saturated carbocycles. The Bertz CT molecular complexity index is 965. The fourth-order valence-electron chi connectivity index (χ4n) is 3.58. The zero-order chi connectivity index (χ0) is 18.8. The van der Waals surface area contributed by atoms with Gasteiger partial charge in [0.2, 0.25) is 0 Å². The van der Waals surface area contributed by atoms with Gasteiger partial charge in [0, 0.05) is 18.9 Å². The lowest BCUT2D eigenvalue weighted by Crippen LogP contribution is -2.11. The number of rotatable bonds is 4. The van der Waals surface area contributed by atoms with Crippen LogP contribution in [0.5, 0.6) is 5.75 Å². The lowest BCUT2D eigenvalue weighted by atomic mass is 10.0. The molecule has 0 radical (unpaired) electrons. The Kier molecular flexibility index (Phi) is 4.62. The predicted octanol–water partition coefficient (Wildman–Crippen LogP) is 4.84. The van der Waals surface area contributed by atoms with Gasteiger partial charge in [-0.3, -0.25) is 4.98 Å². The normalized spacial score (nSPS) is 12.7. The molecule has 0 aliphatic carbocycles. The fraction of sp³-hybridized carbons (Fsp3) is 0.238. The number of hydrogen-bond acceptors (Lipinski definition) is 4. The third-order valence-corrected chi connectivity index (χ3v) is 4.65. The van der Waals surface area contributed by atoms with E-state index in [0.717, 1.165) is 47.5 Å². The van der Waals surface area contributed by atoms with E-state index in [9.17, 15) is 9.18 Å². The molecule has 3 heterocycles. The molecule has 5 nitrogen and oxygen atoms in total. The summed E-state index contributed by atoms with van der Waals surface area (Å²) in [6, 6.07) is 10.1. The van der Waals surface area contributed by atoms with Gasteiger partial charge in [0.25, 0.3) is 0 Å². The highest BCUT2D eigenvalue weighted by atomic mass is 19.1. The average molecular weight is 366 g/mol. The van der Waals surface area contributed by atoms with E-state index in [0.29, 0.717) is 5.75 Å². The monoisotopic (exact) mass is 366 g/mol. The van der Waals surface area contributed by atoms with Gasteiger partial charge in [0.05, 0.1) is 23.6 Å². The maximum atomic E-state index is 13.5. The van der Waals surface area contributed by atoms with Gasteiger partial charge in [0.15, 0.2) is 5.75 Å². The molecule has 0 amide bonds. The minimum absolute atomic E-state index is 0.240. The summed E-state index contributed by atoms with van der Waals surface area (Å²) in [6.07, 6.45) is 4.42. The molecule has 1 aliphatic heterocycles. The summed E-state index contributed by atoms with van der Waals surface area (Å²) >= 11 is 0. The number of nitrogens with zero attached hydrogens (tertiary/aromatic N) is 2. The summed E-state index contributed by atoms with van der Waals surface area (Å²) < 4.78 is 26.2. The standard InChI is InChI=1S/C21H19FN2O3/c1-2-26-21(25)27-20-17-4-3-13-24(17)19(15-5-7-16(22)8-6-15)18(20)14-9-11-23-12-10-14/h5-12H,2-4,13H2,1H3. The molecule has 0 fully saturated rings. The van der Waals surface area contributed by atoms with Crippen LogP contribution in [0.2, 0.25) is 0 Å². The lowest BCUT2D eigenvalue weighted by molar-refractivity contribution is 0.104. The largest absolute Gasteiger partial charge is 0.513 e. The summed E-state index contributed by atoms with van der Waals surface area (Å²) in [4.78, 5) is 16.2. The first-order valence-corrected chi connectivity index (χ1v) is 8.95. The van der Waals surface area contributed by atoms with Crippen LogP contribution >= 0.6 is 0 Å². The van der Waals surface area contributed by atoms with Gasteiger partial charge >= 0.3 is 6.16 Å². The first-order valence-electron chi connectivity index (χ1n) is 8.95. The van der Waals surface area contributed by atoms with E-state index in [1.807, 2.05) is 12.1 Å². The topological polar surface area (TPSA) is 53.4 Å². The highest BCUT2D eigenvalue weighted by Crippen LogP contribution is 2.46. The van der Waals surface area contributed by atoms with Crippen LogP contribution in [-0.2, 0) is 17.7 Å². The van der Waals surface area contributed by atoms with E-state index in [1.54, 1.807) is 31.5 Å². The van der Waals surface area contributed by atoms with Gasteiger partial charge < -0.3 is 14.0 Å². The van der Waals surface area contributed by atoms with Crippen LogP contribution in [-0.4, -0.2) is 22.3 Å². The summed E-state index contributed by atoms with van der Waals surface area (Å²) in [5, 5.41) is 0. The number of pyridine rings is 1. The molecule has 138 valence electrons. The highest BCUT2D eigenvalue weighted by Gasteiger charge is 2.30. The molecule has 6 heteroatoms. The Morgan fingerprint density at radius 1 is 1.15 bits per heavy atom. The smallest absolute Gasteiger partial charge is 0.434 e. The third kappa shape index (κ3) is 3.18. The molecule has 0 atom stereocenters. The number of fused-ring (bicyclic) bond motifs is 1. The van der Waals surface area contributed by atoms with Gasteiger partial charge in [-0.15, -0.1) is 0 Å². The number of carbonyl (C=O) groups is 1. The van der Waals surface area contributed by atoms with Crippen LogP contribution in [0.1, 0.15) is 19.0 Å². The first-order chi connectivity index (χ1) is 13.2. The van der Waals surface area contributed by atoms with Crippen LogP contribution in [0.3, 0.4) is 0 Å². The maximum Gasteiger partial charge on any atom is 0.513 e. The summed E-state index contributed by atoms with van der Waals surface area (Å²) in [5.74, 6) is 0.219. The van der Waals surface area contributed by atoms with Crippen molar-refractivity contribution in [1.29, 1.82) is 0 Å². The summed E-state index contributed by atoms with van der Waals surface area (Å²) in [6.45, 7) is 2.79. The zero-order valence-electron chi connectivity index (χ0n) is 14.9. The molecule has 3 aromatic rings. The van der Waals surface area contributed by atoms with E-state index in [1.165, 1.54) is 12.1 Å². The third-order valence-electron chi connectivity index (χ3n) is 4.65. The number of hydrogen-bond donors (Lipinski definition) is 0. The Morgan fingerprint density at radius 2 is 1.89 bits per heavy atom. The molecular weight excluding hydrogens is 347 g/mol. The average Bonchev–Trinajstić information content (AvgIpc) is 3.25. The van der Waals surface area contributed by atoms with E-state index < -0.39 is 6.16 Å². The number of carbonyl (C=O) groups excluding carboxylic acids is 1. The second kappa shape index (κ2) is 7.23. The van der Waals surface area contributed by atoms with E-state index in [4.69, 9.17) is 9.47 Å². The zero-order valence-corrected chi connectivity index (χ0v) is 14.9. The molecule has 0 unspecified atom stereocenters. The highest BCUT2D eigenvalue weighted by molar-refractivity contribution is 5.89. The molecule has 0 saturated heterocycles. The summed E-state index contributed by atoms with van der Waals surface area (Å²) in [7, 11) is 0. The molecule has 0 bridgehead atoms. The van der Waals surface area contributed by atoms with Gasteiger partial charge in [-0.2, -0.15) is 0 Å². The lowest BCUT2D eigenvalue weighted by Gasteiger charge is -2.11. The molecule has 1 aromatic carbocycles. The van der Waals surface area contributed by atoms with Gasteiger partial charge in [-0.05, 0) is 67.3 Å². The van der Waals surface area contributed by atoms with Crippen molar-refractivity contribution < 1.29 is 18.7 Å². The van der Waals surface area contributed by atoms with Gasteiger partial charge in [-0.25, -0.2) is 9.18 Å². The van der Waals surface area contributed by atoms with Crippen molar-refractivity contribution >= 4 is 6.16 Å². The fourth-order valence-corrected chi connectivity index (χ4v) is 3.58. The quantitative estimate of drug-likeness (QED) is 0.620. The SMILES string of the molecule is CCOC(=O)Oc1c(-c2ccncc2)c(-c2ccc(F)cc2)n2c1CCC2. The number of halogens is 1. The molecule has 2 aromatic heterocycles. The number of aromatic nitrogens is 2. The molecular formula is C21H19FN2O3. The van der Waals surface area contributed by atoms with Gasteiger partial charge in [-0.1, -0.05) is 0 Å². The second-order valence-electron chi connectivity index (χ2n) is 6.28. The van der Waals surface area contributed by atoms with Crippen molar-refractivity contribution in [2.75, 3.05) is 6.61 Å². The van der Waals surface area contributed by atoms with Crippen molar-refractivity contribution in [2.45, 2.75) is 26.3 Å². The van der Waals surface area contributed by atoms with Gasteiger partial charge in [0.1, 0.15) is 5.82 Å². The Labute approximate surface area is 156 Å². The second-order valence-corrected chi connectivity index (χ2v) is 6.28. The molecule has 0 spiro atoms. The Balaban J connectivity index is 1.94. The number of benzene rings is 1. The van der Waals surface area contributed by atoms with Crippen molar-refractivity contribution in [3.8, 4) is 28.1 Å². The van der Waals surface area contributed by atoms with Crippen molar-refractivity contribution in [1.82, 2.24) is 9.55 Å². The van der Waals surface area contributed by atoms with Crippen LogP contribution in [0.15, 0.2) is 48.8 Å². The van der Waals surface area contributed by atoms with E-state index >= 15 is 0 Å². The first kappa shape index (κ1) is 17.3. The molecule has 0 N–H and O–H groups in total. The molecule has 1 aliphatic rings. The Hall–Kier alpha value is -3.15. The maximum absolute atomic E-state index is 13.5. The Morgan fingerprint density at radius 3 is 2.59 bits per heavy atom. The molecule has 27 heavy (non-hydrogen) atoms. The number of ether oxygens (including phenoxy) is 2. The van der Waals surface area contributed by atoms with Crippen molar-refractivity contribution in [2.24, 2.45) is 0 Å². The van der Waals surface area contributed by atoms with E-state index in [-0.39, 0.29) is 12.4 Å². The summed E-state index contributed by atoms with van der Waals surface area (Å²) in [5.41, 5.74) is 4.41. The van der Waals surface area contributed by atoms with Crippen LogP contribution in [0, 0.1) is 5.82 Å². The molecule has 4 rings (SSSR count). The minimum Gasteiger partial charge on any atom is -0.434 e. The van der Waals surface area contributed by atoms with Crippen molar-refractivity contribution in [3.05, 3.63) is 60.3 Å². The minimum atomic E-state index is -0.723.